The number of carbonyl (C=O) groups excluding carboxylic acids is 2. The highest BCUT2D eigenvalue weighted by molar-refractivity contribution is 7.46. The fraction of sp³-hybridized carbons (Fsp3) is 0.692. The first-order valence-corrected chi connectivity index (χ1v) is 20.2. The largest absolute Gasteiger partial charge is 0.469 e. The van der Waals surface area contributed by atoms with E-state index in [2.05, 4.69) is 23.6 Å². The second kappa shape index (κ2) is 34.2. The van der Waals surface area contributed by atoms with Crippen LogP contribution in [-0.4, -0.2) is 52.3 Å². The molecule has 0 radical (unpaired) electrons. The number of aliphatic hydroxyl groups excluding tert-OH is 1. The molecule has 0 aliphatic carbocycles. The highest BCUT2D eigenvalue weighted by Gasteiger charge is 2.22. The molecule has 0 spiro atoms. The van der Waals surface area contributed by atoms with Crippen molar-refractivity contribution in [1.82, 2.24) is 0 Å². The van der Waals surface area contributed by atoms with Crippen molar-refractivity contribution >= 4 is 19.8 Å². The SMILES string of the molecule is CC/C=C\C(O)C/C=C/C=C\C/C=C\C/C=C\CCCC(=O)OC[C@H](COP(=O)(O)O)OC(=O)CCCCCCCCCCCCCCC. The molecule has 10 heteroatoms. The average molecular weight is 711 g/mol. The molecule has 0 aliphatic rings. The van der Waals surface area contributed by atoms with Gasteiger partial charge < -0.3 is 24.4 Å². The van der Waals surface area contributed by atoms with Crippen molar-refractivity contribution < 1.29 is 43.0 Å². The van der Waals surface area contributed by atoms with Crippen LogP contribution >= 0.6 is 7.82 Å². The van der Waals surface area contributed by atoms with Crippen LogP contribution in [0.25, 0.3) is 0 Å². The van der Waals surface area contributed by atoms with E-state index >= 15 is 0 Å². The molecular formula is C39H67O9P. The zero-order chi connectivity index (χ0) is 36.3. The summed E-state index contributed by atoms with van der Waals surface area (Å²) in [5, 5.41) is 9.72. The summed E-state index contributed by atoms with van der Waals surface area (Å²) in [6, 6.07) is 0. The molecular weight excluding hydrogens is 643 g/mol. The van der Waals surface area contributed by atoms with E-state index in [0.717, 1.165) is 38.5 Å². The first-order chi connectivity index (χ1) is 23.7. The summed E-state index contributed by atoms with van der Waals surface area (Å²) in [5.41, 5.74) is 0. The van der Waals surface area contributed by atoms with Gasteiger partial charge in [-0.15, -0.1) is 0 Å². The topological polar surface area (TPSA) is 140 Å². The molecule has 9 nitrogen and oxygen atoms in total. The minimum Gasteiger partial charge on any atom is -0.462 e. The monoisotopic (exact) mass is 710 g/mol. The molecule has 0 rings (SSSR count). The van der Waals surface area contributed by atoms with Gasteiger partial charge in [0.2, 0.25) is 0 Å². The predicted molar refractivity (Wildman–Crippen MR) is 199 cm³/mol. The third-order valence-corrected chi connectivity index (χ3v) is 8.11. The Morgan fingerprint density at radius 2 is 1.20 bits per heavy atom. The van der Waals surface area contributed by atoms with Crippen molar-refractivity contribution in [3.8, 4) is 0 Å². The molecule has 0 aromatic carbocycles. The lowest BCUT2D eigenvalue weighted by Gasteiger charge is -2.18. The van der Waals surface area contributed by atoms with Gasteiger partial charge in [-0.25, -0.2) is 4.57 Å². The van der Waals surface area contributed by atoms with Crippen LogP contribution in [0, 0.1) is 0 Å². The van der Waals surface area contributed by atoms with Crippen LogP contribution in [0.15, 0.2) is 60.8 Å². The van der Waals surface area contributed by atoms with E-state index in [1.807, 2.05) is 55.5 Å². The molecule has 0 heterocycles. The number of ether oxygens (including phenoxy) is 2. The van der Waals surface area contributed by atoms with Gasteiger partial charge in [0.15, 0.2) is 6.10 Å². The number of esters is 2. The minimum atomic E-state index is -4.77. The summed E-state index contributed by atoms with van der Waals surface area (Å²) in [4.78, 5) is 42.6. The van der Waals surface area contributed by atoms with E-state index in [1.165, 1.54) is 57.8 Å². The Morgan fingerprint density at radius 3 is 1.82 bits per heavy atom. The van der Waals surface area contributed by atoms with Crippen LogP contribution in [-0.2, 0) is 28.2 Å². The Hall–Kier alpha value is -2.29. The van der Waals surface area contributed by atoms with E-state index < -0.39 is 38.6 Å². The van der Waals surface area contributed by atoms with Crippen molar-refractivity contribution in [2.45, 2.75) is 161 Å². The van der Waals surface area contributed by atoms with Crippen molar-refractivity contribution in [1.29, 1.82) is 0 Å². The normalized spacial score (nSPS) is 13.8. The molecule has 0 aliphatic heterocycles. The number of allylic oxidation sites excluding steroid dienone is 8. The first-order valence-electron chi connectivity index (χ1n) is 18.7. The van der Waals surface area contributed by atoms with Crippen molar-refractivity contribution in [2.24, 2.45) is 0 Å². The average Bonchev–Trinajstić information content (AvgIpc) is 3.06. The van der Waals surface area contributed by atoms with Gasteiger partial charge in [0.25, 0.3) is 0 Å². The number of unbranched alkanes of at least 4 members (excludes halogenated alkanes) is 13. The number of rotatable bonds is 33. The Morgan fingerprint density at radius 1 is 0.653 bits per heavy atom. The van der Waals surface area contributed by atoms with Crippen molar-refractivity contribution in [3.63, 3.8) is 0 Å². The molecule has 0 fully saturated rings. The zero-order valence-electron chi connectivity index (χ0n) is 30.4. The van der Waals surface area contributed by atoms with Gasteiger partial charge in [-0.2, -0.15) is 0 Å². The molecule has 0 bridgehead atoms. The van der Waals surface area contributed by atoms with Crippen LogP contribution < -0.4 is 0 Å². The van der Waals surface area contributed by atoms with Gasteiger partial charge in [-0.1, -0.05) is 152 Å². The summed E-state index contributed by atoms with van der Waals surface area (Å²) in [5.74, 6) is -0.980. The lowest BCUT2D eigenvalue weighted by molar-refractivity contribution is -0.161. The van der Waals surface area contributed by atoms with Crippen LogP contribution in [0.5, 0.6) is 0 Å². The minimum absolute atomic E-state index is 0.170. The fourth-order valence-electron chi connectivity index (χ4n) is 4.84. The molecule has 49 heavy (non-hydrogen) atoms. The fourth-order valence-corrected chi connectivity index (χ4v) is 5.20. The van der Waals surface area contributed by atoms with E-state index in [4.69, 9.17) is 19.3 Å². The molecule has 0 aromatic heterocycles. The van der Waals surface area contributed by atoms with Crippen LogP contribution in [0.2, 0.25) is 0 Å². The maximum absolute atomic E-state index is 12.3. The highest BCUT2D eigenvalue weighted by atomic mass is 31.2. The van der Waals surface area contributed by atoms with E-state index in [0.29, 0.717) is 25.7 Å². The van der Waals surface area contributed by atoms with Crippen LogP contribution in [0.4, 0.5) is 0 Å². The van der Waals surface area contributed by atoms with Crippen molar-refractivity contribution in [3.05, 3.63) is 60.8 Å². The Labute approximate surface area is 297 Å². The standard InChI is InChI=1S/C39H67O9P/c1-3-5-7-8-9-10-11-12-17-20-23-26-29-33-39(42)48-37(35-47-49(43,44)45)34-46-38(41)32-28-25-22-19-16-14-13-15-18-21-24-27-31-36(40)30-6-4-2/h6,13-14,18-19,21-22,24,27,30,36-37,40H,3-5,7-12,15-17,20,23,25-26,28-29,31-35H2,1-2H3,(H2,43,44,45)/b14-13-,21-18-,22-19-,27-24+,30-6-/t36?,37-/m1/s1. The van der Waals surface area contributed by atoms with Crippen LogP contribution in [0.1, 0.15) is 149 Å². The number of aliphatic hydroxyl groups is 1. The van der Waals surface area contributed by atoms with Gasteiger partial charge in [-0.3, -0.25) is 14.1 Å². The molecule has 2 atom stereocenters. The Kier molecular flexibility index (Phi) is 32.6. The lowest BCUT2D eigenvalue weighted by Crippen LogP contribution is -2.29. The maximum atomic E-state index is 12.3. The third-order valence-electron chi connectivity index (χ3n) is 7.63. The van der Waals surface area contributed by atoms with Crippen molar-refractivity contribution in [2.75, 3.05) is 13.2 Å². The van der Waals surface area contributed by atoms with Gasteiger partial charge in [0.05, 0.1) is 12.7 Å². The van der Waals surface area contributed by atoms with E-state index in [-0.39, 0.29) is 19.4 Å². The number of hydrogen-bond donors (Lipinski definition) is 3. The summed E-state index contributed by atoms with van der Waals surface area (Å²) in [6.07, 6.45) is 38.6. The van der Waals surface area contributed by atoms with Gasteiger partial charge in [-0.05, 0) is 44.9 Å². The Bertz CT molecular complexity index is 996. The predicted octanol–water partition coefficient (Wildman–Crippen LogP) is 9.92. The smallest absolute Gasteiger partial charge is 0.462 e. The number of phosphoric acid groups is 1. The molecule has 282 valence electrons. The maximum Gasteiger partial charge on any atom is 0.469 e. The Balaban J connectivity index is 4.11. The number of hydrogen-bond acceptors (Lipinski definition) is 7. The number of carbonyl (C=O) groups is 2. The van der Waals surface area contributed by atoms with E-state index in [1.54, 1.807) is 0 Å². The second-order valence-electron chi connectivity index (χ2n) is 12.4. The first kappa shape index (κ1) is 46.7. The van der Waals surface area contributed by atoms with Gasteiger partial charge in [0.1, 0.15) is 6.61 Å². The quantitative estimate of drug-likeness (QED) is 0.0200. The second-order valence-corrected chi connectivity index (χ2v) is 13.6. The third kappa shape index (κ3) is 36.8. The summed E-state index contributed by atoms with van der Waals surface area (Å²) >= 11 is 0. The lowest BCUT2D eigenvalue weighted by atomic mass is 10.0. The van der Waals surface area contributed by atoms with Gasteiger partial charge >= 0.3 is 19.8 Å². The molecule has 0 amide bonds. The summed E-state index contributed by atoms with van der Waals surface area (Å²) < 4.78 is 26.2. The van der Waals surface area contributed by atoms with Gasteiger partial charge in [0, 0.05) is 12.8 Å². The van der Waals surface area contributed by atoms with E-state index in [9.17, 15) is 19.3 Å². The summed E-state index contributed by atoms with van der Waals surface area (Å²) in [7, 11) is -4.77. The highest BCUT2D eigenvalue weighted by Crippen LogP contribution is 2.36. The van der Waals surface area contributed by atoms with Crippen LogP contribution in [0.3, 0.4) is 0 Å². The number of phosphoric ester groups is 1. The molecule has 0 saturated carbocycles. The molecule has 0 aromatic rings. The molecule has 0 saturated heterocycles. The zero-order valence-corrected chi connectivity index (χ0v) is 31.3. The molecule has 1 unspecified atom stereocenters. The molecule has 3 N–H and O–H groups in total. The summed E-state index contributed by atoms with van der Waals surface area (Å²) in [6.45, 7) is 3.38.